The zero-order chi connectivity index (χ0) is 11.7. The fourth-order valence-corrected chi connectivity index (χ4v) is 2.35. The number of hydrogen-bond donors (Lipinski definition) is 2. The van der Waals surface area contributed by atoms with Gasteiger partial charge in [0.2, 0.25) is 0 Å². The van der Waals surface area contributed by atoms with Gasteiger partial charge in [0.1, 0.15) is 5.82 Å². The lowest BCUT2D eigenvalue weighted by Gasteiger charge is -2.00. The molecule has 0 unspecified atom stereocenters. The summed E-state index contributed by atoms with van der Waals surface area (Å²) >= 11 is 1.57. The first kappa shape index (κ1) is 9.98. The van der Waals surface area contributed by atoms with Crippen molar-refractivity contribution in [2.75, 3.05) is 11.1 Å². The van der Waals surface area contributed by atoms with E-state index in [1.54, 1.807) is 17.5 Å². The van der Waals surface area contributed by atoms with Crippen LogP contribution in [0.25, 0.3) is 10.2 Å². The van der Waals surface area contributed by atoms with E-state index in [-0.39, 0.29) is 0 Å². The van der Waals surface area contributed by atoms with E-state index in [0.29, 0.717) is 11.6 Å². The standard InChI is InChI=1S/C11H9N5S/c12-9-5-13-6-10(15-9)16-11-14-7-3-1-2-4-8(7)17-11/h1-6H,(H3,12,14,15,16). The van der Waals surface area contributed by atoms with Gasteiger partial charge in [-0.15, -0.1) is 0 Å². The molecular formula is C11H9N5S. The first-order chi connectivity index (χ1) is 8.31. The summed E-state index contributed by atoms with van der Waals surface area (Å²) in [4.78, 5) is 12.5. The molecule has 3 rings (SSSR count). The first-order valence-corrected chi connectivity index (χ1v) is 5.83. The first-order valence-electron chi connectivity index (χ1n) is 5.01. The van der Waals surface area contributed by atoms with Gasteiger partial charge in [-0.3, -0.25) is 4.98 Å². The van der Waals surface area contributed by atoms with E-state index >= 15 is 0 Å². The smallest absolute Gasteiger partial charge is 0.189 e. The van der Waals surface area contributed by atoms with Gasteiger partial charge < -0.3 is 11.1 Å². The summed E-state index contributed by atoms with van der Waals surface area (Å²) in [5.41, 5.74) is 6.53. The largest absolute Gasteiger partial charge is 0.382 e. The van der Waals surface area contributed by atoms with Crippen molar-refractivity contribution < 1.29 is 0 Å². The summed E-state index contributed by atoms with van der Waals surface area (Å²) in [5.74, 6) is 0.986. The molecule has 84 valence electrons. The Hall–Kier alpha value is -2.21. The summed E-state index contributed by atoms with van der Waals surface area (Å²) in [7, 11) is 0. The molecule has 0 fully saturated rings. The molecule has 0 saturated carbocycles. The molecule has 0 atom stereocenters. The number of benzene rings is 1. The van der Waals surface area contributed by atoms with Crippen molar-refractivity contribution in [3.63, 3.8) is 0 Å². The van der Waals surface area contributed by atoms with Gasteiger partial charge in [0.15, 0.2) is 10.9 Å². The van der Waals surface area contributed by atoms with Crippen LogP contribution in [0.2, 0.25) is 0 Å². The van der Waals surface area contributed by atoms with Crippen LogP contribution in [0.3, 0.4) is 0 Å². The SMILES string of the molecule is Nc1cncc(Nc2nc3ccccc3s2)n1. The number of thiazole rings is 1. The van der Waals surface area contributed by atoms with E-state index < -0.39 is 0 Å². The molecule has 6 heteroatoms. The molecule has 17 heavy (non-hydrogen) atoms. The van der Waals surface area contributed by atoms with Crippen LogP contribution >= 0.6 is 11.3 Å². The molecule has 5 nitrogen and oxygen atoms in total. The van der Waals surface area contributed by atoms with Crippen LogP contribution in [0.5, 0.6) is 0 Å². The molecule has 0 aliphatic heterocycles. The van der Waals surface area contributed by atoms with Gasteiger partial charge in [-0.05, 0) is 12.1 Å². The van der Waals surface area contributed by atoms with Crippen molar-refractivity contribution in [3.05, 3.63) is 36.7 Å². The highest BCUT2D eigenvalue weighted by Crippen LogP contribution is 2.27. The van der Waals surface area contributed by atoms with Gasteiger partial charge in [-0.2, -0.15) is 0 Å². The van der Waals surface area contributed by atoms with Gasteiger partial charge in [0, 0.05) is 0 Å². The van der Waals surface area contributed by atoms with Crippen molar-refractivity contribution in [2.45, 2.75) is 0 Å². The van der Waals surface area contributed by atoms with Gasteiger partial charge in [-0.1, -0.05) is 23.5 Å². The summed E-state index contributed by atoms with van der Waals surface area (Å²) in [6.07, 6.45) is 3.12. The van der Waals surface area contributed by atoms with Crippen molar-refractivity contribution in [2.24, 2.45) is 0 Å². The summed E-state index contributed by atoms with van der Waals surface area (Å²) in [6, 6.07) is 7.96. The van der Waals surface area contributed by atoms with Crippen LogP contribution in [0, 0.1) is 0 Å². The third kappa shape index (κ3) is 2.02. The van der Waals surface area contributed by atoms with Gasteiger partial charge in [0.25, 0.3) is 0 Å². The third-order valence-electron chi connectivity index (χ3n) is 2.18. The molecule has 3 N–H and O–H groups in total. The van der Waals surface area contributed by atoms with Crippen LogP contribution in [-0.2, 0) is 0 Å². The lowest BCUT2D eigenvalue weighted by molar-refractivity contribution is 1.20. The molecular weight excluding hydrogens is 234 g/mol. The molecule has 2 aromatic heterocycles. The number of aromatic nitrogens is 3. The minimum absolute atomic E-state index is 0.385. The van der Waals surface area contributed by atoms with E-state index in [4.69, 9.17) is 5.73 Å². The number of fused-ring (bicyclic) bond motifs is 1. The second-order valence-electron chi connectivity index (χ2n) is 3.44. The minimum atomic E-state index is 0.385. The Balaban J connectivity index is 1.94. The maximum atomic E-state index is 5.56. The second-order valence-corrected chi connectivity index (χ2v) is 4.47. The van der Waals surface area contributed by atoms with E-state index in [2.05, 4.69) is 20.3 Å². The number of nitrogens with one attached hydrogen (secondary N) is 1. The van der Waals surface area contributed by atoms with E-state index in [0.717, 1.165) is 15.3 Å². The van der Waals surface area contributed by atoms with Crippen LogP contribution in [0.4, 0.5) is 16.8 Å². The van der Waals surface area contributed by atoms with Crippen LogP contribution < -0.4 is 11.1 Å². The third-order valence-corrected chi connectivity index (χ3v) is 3.13. The van der Waals surface area contributed by atoms with Crippen LogP contribution in [0.15, 0.2) is 36.7 Å². The molecule has 0 amide bonds. The monoisotopic (exact) mass is 243 g/mol. The Labute approximate surface area is 101 Å². The molecule has 2 heterocycles. The van der Waals surface area contributed by atoms with Crippen LogP contribution in [-0.4, -0.2) is 15.0 Å². The predicted molar refractivity (Wildman–Crippen MR) is 69.3 cm³/mol. The fraction of sp³-hybridized carbons (Fsp3) is 0. The number of nitrogens with zero attached hydrogens (tertiary/aromatic N) is 3. The summed E-state index contributed by atoms with van der Waals surface area (Å²) in [6.45, 7) is 0. The average molecular weight is 243 g/mol. The predicted octanol–water partition coefficient (Wildman–Crippen LogP) is 2.41. The van der Waals surface area contributed by atoms with Gasteiger partial charge in [0.05, 0.1) is 22.6 Å². The van der Waals surface area contributed by atoms with E-state index in [1.807, 2.05) is 24.3 Å². The lowest BCUT2D eigenvalue weighted by atomic mass is 10.3. The van der Waals surface area contributed by atoms with Crippen molar-refractivity contribution >= 4 is 38.3 Å². The molecule has 0 spiro atoms. The molecule has 0 aliphatic rings. The number of para-hydroxylation sites is 1. The maximum absolute atomic E-state index is 5.56. The Morgan fingerprint density at radius 2 is 2.00 bits per heavy atom. The number of nitrogens with two attached hydrogens (primary N) is 1. The molecule has 0 bridgehead atoms. The molecule has 0 saturated heterocycles. The second kappa shape index (κ2) is 3.99. The normalized spacial score (nSPS) is 10.6. The Morgan fingerprint density at radius 3 is 2.82 bits per heavy atom. The highest BCUT2D eigenvalue weighted by Gasteiger charge is 2.04. The molecule has 0 radical (unpaired) electrons. The van der Waals surface area contributed by atoms with E-state index in [1.165, 1.54) is 6.20 Å². The number of hydrogen-bond acceptors (Lipinski definition) is 6. The highest BCUT2D eigenvalue weighted by atomic mass is 32.1. The van der Waals surface area contributed by atoms with Gasteiger partial charge >= 0.3 is 0 Å². The Kier molecular flexibility index (Phi) is 2.34. The lowest BCUT2D eigenvalue weighted by Crippen LogP contribution is -1.97. The number of nitrogen functional groups attached to an aromatic ring is 1. The molecule has 0 aliphatic carbocycles. The number of rotatable bonds is 2. The Bertz CT molecular complexity index is 631. The molecule has 3 aromatic rings. The summed E-state index contributed by atoms with van der Waals surface area (Å²) < 4.78 is 1.13. The maximum Gasteiger partial charge on any atom is 0.189 e. The van der Waals surface area contributed by atoms with E-state index in [9.17, 15) is 0 Å². The average Bonchev–Trinajstić information content (AvgIpc) is 2.71. The molecule has 1 aromatic carbocycles. The van der Waals surface area contributed by atoms with Crippen molar-refractivity contribution in [1.82, 2.24) is 15.0 Å². The quantitative estimate of drug-likeness (QED) is 0.722. The van der Waals surface area contributed by atoms with Gasteiger partial charge in [-0.25, -0.2) is 9.97 Å². The zero-order valence-corrected chi connectivity index (χ0v) is 9.61. The zero-order valence-electron chi connectivity index (χ0n) is 8.79. The van der Waals surface area contributed by atoms with Crippen molar-refractivity contribution in [1.29, 1.82) is 0 Å². The number of anilines is 3. The Morgan fingerprint density at radius 1 is 1.12 bits per heavy atom. The van der Waals surface area contributed by atoms with Crippen LogP contribution in [0.1, 0.15) is 0 Å². The topological polar surface area (TPSA) is 76.7 Å². The summed E-state index contributed by atoms with van der Waals surface area (Å²) in [5, 5.41) is 3.87. The fourth-order valence-electron chi connectivity index (χ4n) is 1.48. The van der Waals surface area contributed by atoms with Crippen molar-refractivity contribution in [3.8, 4) is 0 Å². The minimum Gasteiger partial charge on any atom is -0.382 e. The highest BCUT2D eigenvalue weighted by molar-refractivity contribution is 7.22.